The predicted octanol–water partition coefficient (Wildman–Crippen LogP) is 4.16. The SMILES string of the molecule is Cc1ccc(NC(=S)N/C(=N/CS(=O)(=O)c2ccccc2)c2ccccc2)cc1. The molecule has 0 radical (unpaired) electrons. The van der Waals surface area contributed by atoms with Crippen LogP contribution in [0.4, 0.5) is 5.69 Å². The second-order valence-corrected chi connectivity index (χ2v) is 8.74. The van der Waals surface area contributed by atoms with E-state index in [1.807, 2.05) is 61.5 Å². The Bertz CT molecular complexity index is 1100. The predicted molar refractivity (Wildman–Crippen MR) is 122 cm³/mol. The van der Waals surface area contributed by atoms with Gasteiger partial charge in [-0.05, 0) is 43.4 Å². The lowest BCUT2D eigenvalue weighted by Crippen LogP contribution is -2.35. The van der Waals surface area contributed by atoms with Crippen molar-refractivity contribution in [1.82, 2.24) is 5.32 Å². The van der Waals surface area contributed by atoms with Gasteiger partial charge in [-0.2, -0.15) is 0 Å². The quantitative estimate of drug-likeness (QED) is 0.366. The molecule has 0 spiro atoms. The monoisotopic (exact) mass is 423 g/mol. The zero-order chi connectivity index (χ0) is 20.7. The fraction of sp³-hybridized carbons (Fsp3) is 0.0909. The first kappa shape index (κ1) is 20.7. The van der Waals surface area contributed by atoms with Crippen LogP contribution in [0.5, 0.6) is 0 Å². The van der Waals surface area contributed by atoms with Crippen LogP contribution in [-0.2, 0) is 9.84 Å². The first-order valence-electron chi connectivity index (χ1n) is 8.96. The Morgan fingerprint density at radius 3 is 2.10 bits per heavy atom. The molecule has 0 fully saturated rings. The fourth-order valence-electron chi connectivity index (χ4n) is 2.56. The van der Waals surface area contributed by atoms with E-state index in [0.717, 1.165) is 16.8 Å². The molecule has 3 aromatic carbocycles. The number of hydrogen-bond acceptors (Lipinski definition) is 4. The van der Waals surface area contributed by atoms with Gasteiger partial charge in [-0.15, -0.1) is 0 Å². The Kier molecular flexibility index (Phi) is 6.74. The fourth-order valence-corrected chi connectivity index (χ4v) is 3.79. The second-order valence-electron chi connectivity index (χ2n) is 6.37. The molecule has 5 nitrogen and oxygen atoms in total. The third-order valence-corrected chi connectivity index (χ3v) is 5.75. The van der Waals surface area contributed by atoms with Gasteiger partial charge in [-0.1, -0.05) is 66.2 Å². The van der Waals surface area contributed by atoms with Crippen LogP contribution in [0.25, 0.3) is 0 Å². The minimum absolute atomic E-state index is 0.233. The number of aryl methyl sites for hydroxylation is 1. The largest absolute Gasteiger partial charge is 0.332 e. The molecule has 3 aromatic rings. The molecular weight excluding hydrogens is 402 g/mol. The van der Waals surface area contributed by atoms with Crippen LogP contribution in [0.15, 0.2) is 94.8 Å². The van der Waals surface area contributed by atoms with Gasteiger partial charge in [0.2, 0.25) is 0 Å². The highest BCUT2D eigenvalue weighted by Crippen LogP contribution is 2.12. The van der Waals surface area contributed by atoms with Gasteiger partial charge in [0.25, 0.3) is 0 Å². The molecule has 0 aliphatic carbocycles. The van der Waals surface area contributed by atoms with Crippen molar-refractivity contribution in [2.75, 3.05) is 11.2 Å². The Labute approximate surface area is 176 Å². The highest BCUT2D eigenvalue weighted by atomic mass is 32.2. The summed E-state index contributed by atoms with van der Waals surface area (Å²) in [6.07, 6.45) is 0. The van der Waals surface area contributed by atoms with Gasteiger partial charge in [-0.3, -0.25) is 4.99 Å². The summed E-state index contributed by atoms with van der Waals surface area (Å²) in [5.74, 6) is -0.00352. The maximum atomic E-state index is 12.6. The number of thiocarbonyl (C=S) groups is 1. The Morgan fingerprint density at radius 2 is 1.48 bits per heavy atom. The van der Waals surface area contributed by atoms with E-state index in [9.17, 15) is 8.42 Å². The molecule has 29 heavy (non-hydrogen) atoms. The number of sulfone groups is 1. The van der Waals surface area contributed by atoms with Crippen LogP contribution in [0.3, 0.4) is 0 Å². The van der Waals surface area contributed by atoms with E-state index < -0.39 is 9.84 Å². The van der Waals surface area contributed by atoms with Gasteiger partial charge in [0.1, 0.15) is 11.7 Å². The van der Waals surface area contributed by atoms with Crippen molar-refractivity contribution in [2.45, 2.75) is 11.8 Å². The van der Waals surface area contributed by atoms with Crippen molar-refractivity contribution in [3.63, 3.8) is 0 Å². The van der Waals surface area contributed by atoms with Crippen molar-refractivity contribution in [1.29, 1.82) is 0 Å². The molecule has 0 aromatic heterocycles. The average molecular weight is 424 g/mol. The van der Waals surface area contributed by atoms with Crippen LogP contribution in [-0.4, -0.2) is 25.2 Å². The van der Waals surface area contributed by atoms with Gasteiger partial charge in [-0.25, -0.2) is 8.42 Å². The highest BCUT2D eigenvalue weighted by Gasteiger charge is 2.14. The van der Waals surface area contributed by atoms with Crippen LogP contribution < -0.4 is 10.6 Å². The third kappa shape index (κ3) is 5.97. The molecule has 0 amide bonds. The summed E-state index contributed by atoms with van der Waals surface area (Å²) >= 11 is 5.39. The summed E-state index contributed by atoms with van der Waals surface area (Å²) in [5, 5.41) is 6.44. The normalized spacial score (nSPS) is 11.7. The van der Waals surface area contributed by atoms with E-state index in [1.54, 1.807) is 30.3 Å². The van der Waals surface area contributed by atoms with Crippen LogP contribution in [0, 0.1) is 6.92 Å². The Morgan fingerprint density at radius 1 is 0.897 bits per heavy atom. The average Bonchev–Trinajstić information content (AvgIpc) is 2.74. The molecule has 0 saturated heterocycles. The summed E-state index contributed by atoms with van der Waals surface area (Å²) in [4.78, 5) is 4.56. The molecule has 0 aliphatic rings. The number of amidine groups is 1. The van der Waals surface area contributed by atoms with Crippen molar-refractivity contribution in [3.05, 3.63) is 96.1 Å². The van der Waals surface area contributed by atoms with Crippen LogP contribution >= 0.6 is 12.2 Å². The zero-order valence-corrected chi connectivity index (χ0v) is 17.5. The summed E-state index contributed by atoms with van der Waals surface area (Å²) < 4.78 is 25.2. The van der Waals surface area contributed by atoms with E-state index in [1.165, 1.54) is 0 Å². The Hall–Kier alpha value is -3.03. The zero-order valence-electron chi connectivity index (χ0n) is 15.9. The standard InChI is InChI=1S/C22H21N3O2S2/c1-17-12-14-19(15-13-17)24-22(28)25-21(18-8-4-2-5-9-18)23-16-29(26,27)20-10-6-3-7-11-20/h2-15H,16H2,1H3,(H2,23,24,25,28). The lowest BCUT2D eigenvalue weighted by Gasteiger charge is -2.13. The highest BCUT2D eigenvalue weighted by molar-refractivity contribution is 7.91. The first-order chi connectivity index (χ1) is 13.9. The summed E-state index contributed by atoms with van der Waals surface area (Å²) in [7, 11) is -3.55. The number of aliphatic imine (C=N–C) groups is 1. The minimum atomic E-state index is -3.55. The summed E-state index contributed by atoms with van der Waals surface area (Å²) in [6, 6.07) is 25.3. The number of anilines is 1. The van der Waals surface area contributed by atoms with E-state index in [4.69, 9.17) is 12.2 Å². The minimum Gasteiger partial charge on any atom is -0.332 e. The lowest BCUT2D eigenvalue weighted by molar-refractivity contribution is 0.596. The molecule has 3 rings (SSSR count). The molecule has 0 heterocycles. The first-order valence-corrected chi connectivity index (χ1v) is 11.0. The molecule has 148 valence electrons. The summed E-state index contributed by atoms with van der Waals surface area (Å²) in [5.41, 5.74) is 2.72. The molecule has 0 bridgehead atoms. The smallest absolute Gasteiger partial charge is 0.198 e. The number of benzene rings is 3. The van der Waals surface area contributed by atoms with Gasteiger partial charge in [0.05, 0.1) is 4.90 Å². The van der Waals surface area contributed by atoms with Gasteiger partial charge in [0, 0.05) is 11.3 Å². The molecule has 7 heteroatoms. The number of nitrogens with one attached hydrogen (secondary N) is 2. The molecular formula is C22H21N3O2S2. The number of hydrogen-bond donors (Lipinski definition) is 2. The van der Waals surface area contributed by atoms with Gasteiger partial charge in [0.15, 0.2) is 14.9 Å². The molecule has 0 atom stereocenters. The third-order valence-electron chi connectivity index (χ3n) is 4.08. The van der Waals surface area contributed by atoms with Crippen molar-refractivity contribution < 1.29 is 8.42 Å². The lowest BCUT2D eigenvalue weighted by atomic mass is 10.2. The van der Waals surface area contributed by atoms with E-state index in [-0.39, 0.29) is 10.8 Å². The van der Waals surface area contributed by atoms with Crippen LogP contribution in [0.2, 0.25) is 0 Å². The maximum Gasteiger partial charge on any atom is 0.198 e. The molecule has 0 unspecified atom stereocenters. The van der Waals surface area contributed by atoms with Crippen molar-refractivity contribution in [3.8, 4) is 0 Å². The Balaban J connectivity index is 1.80. The van der Waals surface area contributed by atoms with Crippen molar-refractivity contribution in [2.24, 2.45) is 4.99 Å². The number of nitrogens with zero attached hydrogens (tertiary/aromatic N) is 1. The van der Waals surface area contributed by atoms with Crippen LogP contribution in [0.1, 0.15) is 11.1 Å². The van der Waals surface area contributed by atoms with Crippen molar-refractivity contribution >= 4 is 38.7 Å². The van der Waals surface area contributed by atoms with E-state index in [2.05, 4.69) is 15.6 Å². The molecule has 0 aliphatic heterocycles. The van der Waals surface area contributed by atoms with Gasteiger partial charge < -0.3 is 10.6 Å². The second kappa shape index (κ2) is 9.45. The number of rotatable bonds is 5. The van der Waals surface area contributed by atoms with Gasteiger partial charge >= 0.3 is 0 Å². The van der Waals surface area contributed by atoms with E-state index in [0.29, 0.717) is 10.9 Å². The van der Waals surface area contributed by atoms with E-state index >= 15 is 0 Å². The summed E-state index contributed by atoms with van der Waals surface area (Å²) in [6.45, 7) is 2.01. The maximum absolute atomic E-state index is 12.6. The topological polar surface area (TPSA) is 70.6 Å². The molecule has 0 saturated carbocycles. The molecule has 2 N–H and O–H groups in total.